The Hall–Kier alpha value is -4.93. The van der Waals surface area contributed by atoms with Gasteiger partial charge < -0.3 is 20.7 Å². The summed E-state index contributed by atoms with van der Waals surface area (Å²) in [6.07, 6.45) is 1.41. The minimum Gasteiger partial charge on any atom is -0.451 e. The van der Waals surface area contributed by atoms with E-state index in [9.17, 15) is 24.0 Å². The molecule has 4 N–H and O–H groups in total. The number of H-pyrrole nitrogens is 1. The van der Waals surface area contributed by atoms with E-state index in [1.807, 2.05) is 6.07 Å². The molecule has 3 aromatic rings. The van der Waals surface area contributed by atoms with Gasteiger partial charge in [-0.25, -0.2) is 9.59 Å². The smallest absolute Gasteiger partial charge is 0.355 e. The molecular weight excluding hydrogens is 478 g/mol. The number of ether oxygens (including phenoxy) is 1. The third-order valence-electron chi connectivity index (χ3n) is 5.25. The van der Waals surface area contributed by atoms with Crippen molar-refractivity contribution >= 4 is 35.4 Å². The van der Waals surface area contributed by atoms with Gasteiger partial charge in [0.25, 0.3) is 11.5 Å². The lowest BCUT2D eigenvalue weighted by atomic mass is 10.2. The van der Waals surface area contributed by atoms with Crippen molar-refractivity contribution in [3.8, 4) is 0 Å². The predicted octanol–water partition coefficient (Wildman–Crippen LogP) is 1.24. The molecule has 0 unspecified atom stereocenters. The first kappa shape index (κ1) is 26.7. The number of rotatable bonds is 9. The van der Waals surface area contributed by atoms with Crippen LogP contribution in [0.4, 0.5) is 11.5 Å². The Morgan fingerprint density at radius 3 is 2.27 bits per heavy atom. The molecule has 0 radical (unpaired) electrons. The molecule has 1 heterocycles. The maximum Gasteiger partial charge on any atom is 0.355 e. The van der Waals surface area contributed by atoms with Crippen LogP contribution in [0.25, 0.3) is 6.08 Å². The highest BCUT2D eigenvalue weighted by Gasteiger charge is 2.25. The number of nitrogens with zero attached hydrogens (tertiary/aromatic N) is 2. The molecule has 0 fully saturated rings. The number of benzene rings is 2. The Balaban J connectivity index is 1.83. The number of aromatic amines is 1. The van der Waals surface area contributed by atoms with Crippen LogP contribution < -0.4 is 27.2 Å². The summed E-state index contributed by atoms with van der Waals surface area (Å²) < 4.78 is 6.28. The van der Waals surface area contributed by atoms with Crippen LogP contribution in [-0.4, -0.2) is 40.5 Å². The van der Waals surface area contributed by atoms with Gasteiger partial charge in [0, 0.05) is 13.5 Å². The normalized spacial score (nSPS) is 11.0. The SMILES string of the molecule is CCN(C(=O)COC(=O)/C(=C\c1ccccc1)NC(C)=O)c1c(N)n(Cc2ccccc2)c(=O)[nH]c1=O. The molecule has 0 saturated carbocycles. The lowest BCUT2D eigenvalue weighted by Gasteiger charge is -2.23. The molecule has 0 aliphatic carbocycles. The van der Waals surface area contributed by atoms with Gasteiger partial charge in [0.1, 0.15) is 11.5 Å². The number of carbonyl (C=O) groups is 3. The Bertz CT molecular complexity index is 1430. The van der Waals surface area contributed by atoms with Gasteiger partial charge in [-0.1, -0.05) is 60.7 Å². The molecule has 0 atom stereocenters. The van der Waals surface area contributed by atoms with Crippen LogP contribution in [0.2, 0.25) is 0 Å². The fraction of sp³-hybridized carbons (Fsp3) is 0.192. The number of aromatic nitrogens is 2. The number of likely N-dealkylation sites (N-methyl/N-ethyl adjacent to an activating group) is 1. The fourth-order valence-corrected chi connectivity index (χ4v) is 3.55. The van der Waals surface area contributed by atoms with Gasteiger partial charge in [0.15, 0.2) is 12.3 Å². The van der Waals surface area contributed by atoms with Crippen LogP contribution >= 0.6 is 0 Å². The van der Waals surface area contributed by atoms with E-state index in [0.29, 0.717) is 5.56 Å². The quantitative estimate of drug-likeness (QED) is 0.292. The molecule has 2 aromatic carbocycles. The number of hydrogen-bond donors (Lipinski definition) is 3. The van der Waals surface area contributed by atoms with Crippen LogP contribution in [0, 0.1) is 0 Å². The Labute approximate surface area is 212 Å². The minimum absolute atomic E-state index is 0.00557. The van der Waals surface area contributed by atoms with Crippen LogP contribution in [0.1, 0.15) is 25.0 Å². The average Bonchev–Trinajstić information content (AvgIpc) is 2.88. The van der Waals surface area contributed by atoms with Crippen LogP contribution in [0.15, 0.2) is 75.9 Å². The molecule has 0 aliphatic heterocycles. The molecular formula is C26H27N5O6. The summed E-state index contributed by atoms with van der Waals surface area (Å²) in [6.45, 7) is 2.17. The summed E-state index contributed by atoms with van der Waals surface area (Å²) in [5, 5.41) is 2.39. The third-order valence-corrected chi connectivity index (χ3v) is 5.25. The van der Waals surface area contributed by atoms with Gasteiger partial charge in [-0.15, -0.1) is 0 Å². The predicted molar refractivity (Wildman–Crippen MR) is 139 cm³/mol. The largest absolute Gasteiger partial charge is 0.451 e. The second-order valence-electron chi connectivity index (χ2n) is 7.93. The summed E-state index contributed by atoms with van der Waals surface area (Å²) in [6, 6.07) is 17.7. The topological polar surface area (TPSA) is 157 Å². The molecule has 11 heteroatoms. The van der Waals surface area contributed by atoms with E-state index < -0.39 is 35.6 Å². The number of nitrogens with one attached hydrogen (secondary N) is 2. The minimum atomic E-state index is -0.945. The van der Waals surface area contributed by atoms with Gasteiger partial charge in [0.2, 0.25) is 5.91 Å². The van der Waals surface area contributed by atoms with E-state index in [0.717, 1.165) is 15.0 Å². The maximum atomic E-state index is 13.0. The van der Waals surface area contributed by atoms with Crippen LogP contribution in [0.3, 0.4) is 0 Å². The highest BCUT2D eigenvalue weighted by molar-refractivity contribution is 6.01. The summed E-state index contributed by atoms with van der Waals surface area (Å²) in [5.41, 5.74) is 5.59. The van der Waals surface area contributed by atoms with Crippen molar-refractivity contribution in [2.45, 2.75) is 20.4 Å². The van der Waals surface area contributed by atoms with Gasteiger partial charge in [0.05, 0.1) is 6.54 Å². The van der Waals surface area contributed by atoms with E-state index in [4.69, 9.17) is 10.5 Å². The molecule has 0 bridgehead atoms. The van der Waals surface area contributed by atoms with Crippen molar-refractivity contribution in [2.75, 3.05) is 23.8 Å². The highest BCUT2D eigenvalue weighted by Crippen LogP contribution is 2.18. The second kappa shape index (κ2) is 12.2. The lowest BCUT2D eigenvalue weighted by Crippen LogP contribution is -2.43. The molecule has 0 saturated heterocycles. The van der Waals surface area contributed by atoms with E-state index in [1.165, 1.54) is 13.0 Å². The van der Waals surface area contributed by atoms with Crippen molar-refractivity contribution < 1.29 is 19.1 Å². The first-order chi connectivity index (χ1) is 17.7. The van der Waals surface area contributed by atoms with Gasteiger partial charge in [-0.05, 0) is 24.1 Å². The van der Waals surface area contributed by atoms with E-state index in [1.54, 1.807) is 61.5 Å². The Morgan fingerprint density at radius 2 is 1.68 bits per heavy atom. The molecule has 0 aliphatic rings. The summed E-state index contributed by atoms with van der Waals surface area (Å²) in [4.78, 5) is 65.5. The first-order valence-corrected chi connectivity index (χ1v) is 11.4. The van der Waals surface area contributed by atoms with Gasteiger partial charge in [-0.3, -0.25) is 23.9 Å². The van der Waals surface area contributed by atoms with Crippen molar-refractivity contribution in [3.63, 3.8) is 0 Å². The second-order valence-corrected chi connectivity index (χ2v) is 7.93. The molecule has 11 nitrogen and oxygen atoms in total. The molecule has 1 aromatic heterocycles. The lowest BCUT2D eigenvalue weighted by molar-refractivity contribution is -0.144. The number of nitrogen functional groups attached to an aromatic ring is 1. The zero-order chi connectivity index (χ0) is 26.9. The van der Waals surface area contributed by atoms with E-state index in [-0.39, 0.29) is 30.3 Å². The number of esters is 1. The fourth-order valence-electron chi connectivity index (χ4n) is 3.55. The van der Waals surface area contributed by atoms with Gasteiger partial charge in [-0.2, -0.15) is 0 Å². The van der Waals surface area contributed by atoms with Crippen LogP contribution in [-0.2, 0) is 25.7 Å². The third kappa shape index (κ3) is 6.82. The first-order valence-electron chi connectivity index (χ1n) is 11.4. The maximum absolute atomic E-state index is 13.0. The summed E-state index contributed by atoms with van der Waals surface area (Å²) in [5.74, 6) is -2.40. The zero-order valence-electron chi connectivity index (χ0n) is 20.4. The van der Waals surface area contributed by atoms with Crippen molar-refractivity contribution in [2.24, 2.45) is 0 Å². The standard InChI is InChI=1S/C26H27N5O6/c1-3-30(22-23(27)31(26(36)29-24(22)34)15-19-12-8-5-9-13-19)21(33)16-37-25(35)20(28-17(2)32)14-18-10-6-4-7-11-18/h4-14H,3,15-16,27H2,1-2H3,(H,28,32)(H,29,34,36)/b20-14+. The summed E-state index contributed by atoms with van der Waals surface area (Å²) in [7, 11) is 0. The van der Waals surface area contributed by atoms with E-state index >= 15 is 0 Å². The van der Waals surface area contributed by atoms with Crippen LogP contribution in [0.5, 0.6) is 0 Å². The van der Waals surface area contributed by atoms with Crippen molar-refractivity contribution in [1.29, 1.82) is 0 Å². The molecule has 2 amide bonds. The van der Waals surface area contributed by atoms with Crippen molar-refractivity contribution in [3.05, 3.63) is 98.3 Å². The van der Waals surface area contributed by atoms with E-state index in [2.05, 4.69) is 10.3 Å². The monoisotopic (exact) mass is 505 g/mol. The van der Waals surface area contributed by atoms with Gasteiger partial charge >= 0.3 is 11.7 Å². The highest BCUT2D eigenvalue weighted by atomic mass is 16.5. The number of anilines is 2. The Kier molecular flexibility index (Phi) is 8.76. The summed E-state index contributed by atoms with van der Waals surface area (Å²) >= 11 is 0. The van der Waals surface area contributed by atoms with Crippen molar-refractivity contribution in [1.82, 2.24) is 14.9 Å². The Morgan fingerprint density at radius 1 is 1.05 bits per heavy atom. The molecule has 0 spiro atoms. The molecule has 37 heavy (non-hydrogen) atoms. The molecule has 3 rings (SSSR count). The zero-order valence-corrected chi connectivity index (χ0v) is 20.4. The molecule has 192 valence electrons. The number of carbonyl (C=O) groups excluding carboxylic acids is 3. The number of amides is 2. The number of nitrogens with two attached hydrogens (primary N) is 1. The average molecular weight is 506 g/mol. The number of hydrogen-bond acceptors (Lipinski definition) is 7.